The van der Waals surface area contributed by atoms with Crippen LogP contribution in [0.2, 0.25) is 0 Å². The minimum atomic E-state index is 0.0879. The molecule has 1 aliphatic carbocycles. The maximum absolute atomic E-state index is 12.1. The van der Waals surface area contributed by atoms with Crippen molar-refractivity contribution in [1.82, 2.24) is 9.97 Å². The van der Waals surface area contributed by atoms with E-state index in [1.807, 2.05) is 0 Å². The van der Waals surface area contributed by atoms with Crippen molar-refractivity contribution >= 4 is 17.5 Å². The summed E-state index contributed by atoms with van der Waals surface area (Å²) in [4.78, 5) is 23.1. The number of anilines is 2. The fourth-order valence-electron chi connectivity index (χ4n) is 3.68. The minimum Gasteiger partial charge on any atom is -0.341 e. The van der Waals surface area contributed by atoms with Crippen LogP contribution in [0.25, 0.3) is 0 Å². The van der Waals surface area contributed by atoms with Crippen LogP contribution in [0.3, 0.4) is 0 Å². The van der Waals surface area contributed by atoms with E-state index in [2.05, 4.69) is 20.2 Å². The van der Waals surface area contributed by atoms with Gasteiger partial charge in [-0.05, 0) is 31.6 Å². The molecule has 2 aliphatic rings. The van der Waals surface area contributed by atoms with Gasteiger partial charge in [-0.3, -0.25) is 4.79 Å². The van der Waals surface area contributed by atoms with E-state index in [4.69, 9.17) is 0 Å². The van der Waals surface area contributed by atoms with Gasteiger partial charge in [0.25, 0.3) is 0 Å². The molecule has 1 N–H and O–H groups in total. The highest BCUT2D eigenvalue weighted by atomic mass is 16.1. The molecule has 1 saturated carbocycles. The SMILES string of the molecule is O=C(CCC1CCCCC1)Nc1cnc(N2CCCCC2)nc1. The van der Waals surface area contributed by atoms with E-state index < -0.39 is 0 Å². The number of hydrogen-bond donors (Lipinski definition) is 1. The van der Waals surface area contributed by atoms with Crippen LogP contribution in [0.1, 0.15) is 64.2 Å². The third-order valence-corrected chi connectivity index (χ3v) is 5.07. The van der Waals surface area contributed by atoms with Crippen LogP contribution in [0, 0.1) is 5.92 Å². The molecule has 3 rings (SSSR count). The van der Waals surface area contributed by atoms with Crippen molar-refractivity contribution in [2.75, 3.05) is 23.3 Å². The number of piperidine rings is 1. The van der Waals surface area contributed by atoms with Gasteiger partial charge in [-0.25, -0.2) is 9.97 Å². The van der Waals surface area contributed by atoms with Gasteiger partial charge in [-0.15, -0.1) is 0 Å². The molecule has 0 bridgehead atoms. The second-order valence-corrected chi connectivity index (χ2v) is 6.91. The number of nitrogens with zero attached hydrogens (tertiary/aromatic N) is 3. The molecular formula is C18H28N4O. The van der Waals surface area contributed by atoms with Crippen molar-refractivity contribution in [1.29, 1.82) is 0 Å². The Morgan fingerprint density at radius 3 is 2.39 bits per heavy atom. The van der Waals surface area contributed by atoms with Gasteiger partial charge < -0.3 is 10.2 Å². The highest BCUT2D eigenvalue weighted by Gasteiger charge is 2.16. The van der Waals surface area contributed by atoms with E-state index in [0.717, 1.165) is 31.4 Å². The number of carbonyl (C=O) groups is 1. The fourth-order valence-corrected chi connectivity index (χ4v) is 3.68. The molecule has 5 heteroatoms. The average molecular weight is 316 g/mol. The number of hydrogen-bond acceptors (Lipinski definition) is 4. The third-order valence-electron chi connectivity index (χ3n) is 5.07. The Balaban J connectivity index is 1.44. The van der Waals surface area contributed by atoms with Gasteiger partial charge in [0.05, 0.1) is 18.1 Å². The van der Waals surface area contributed by atoms with E-state index in [1.54, 1.807) is 12.4 Å². The predicted octanol–water partition coefficient (Wildman–Crippen LogP) is 3.77. The first-order valence-corrected chi connectivity index (χ1v) is 9.18. The molecule has 23 heavy (non-hydrogen) atoms. The van der Waals surface area contributed by atoms with E-state index in [0.29, 0.717) is 12.1 Å². The second-order valence-electron chi connectivity index (χ2n) is 6.91. The van der Waals surface area contributed by atoms with Crippen LogP contribution in [-0.2, 0) is 4.79 Å². The summed E-state index contributed by atoms with van der Waals surface area (Å²) in [6, 6.07) is 0. The molecule has 2 fully saturated rings. The summed E-state index contributed by atoms with van der Waals surface area (Å²) in [5, 5.41) is 2.93. The maximum atomic E-state index is 12.1. The fraction of sp³-hybridized carbons (Fsp3) is 0.722. The Hall–Kier alpha value is -1.65. The van der Waals surface area contributed by atoms with Crippen molar-refractivity contribution in [3.63, 3.8) is 0 Å². The molecular weight excluding hydrogens is 288 g/mol. The third kappa shape index (κ3) is 4.91. The molecule has 1 aromatic rings. The lowest BCUT2D eigenvalue weighted by atomic mass is 9.86. The summed E-state index contributed by atoms with van der Waals surface area (Å²) >= 11 is 0. The normalized spacial score (nSPS) is 19.6. The molecule has 0 aromatic carbocycles. The van der Waals surface area contributed by atoms with Crippen LogP contribution in [-0.4, -0.2) is 29.0 Å². The Kier molecular flexibility index (Phi) is 5.83. The topological polar surface area (TPSA) is 58.1 Å². The molecule has 1 amide bonds. The van der Waals surface area contributed by atoms with Gasteiger partial charge in [0.2, 0.25) is 11.9 Å². The van der Waals surface area contributed by atoms with Crippen molar-refractivity contribution < 1.29 is 4.79 Å². The van der Waals surface area contributed by atoms with Crippen molar-refractivity contribution in [2.45, 2.75) is 64.2 Å². The van der Waals surface area contributed by atoms with Gasteiger partial charge in [-0.1, -0.05) is 32.1 Å². The highest BCUT2D eigenvalue weighted by Crippen LogP contribution is 2.27. The second kappa shape index (κ2) is 8.27. The summed E-state index contributed by atoms with van der Waals surface area (Å²) < 4.78 is 0. The molecule has 1 saturated heterocycles. The quantitative estimate of drug-likeness (QED) is 0.898. The zero-order valence-corrected chi connectivity index (χ0v) is 14.0. The van der Waals surface area contributed by atoms with Crippen molar-refractivity contribution in [2.24, 2.45) is 5.92 Å². The molecule has 1 aliphatic heterocycles. The molecule has 0 spiro atoms. The summed E-state index contributed by atoms with van der Waals surface area (Å²) in [5.41, 5.74) is 0.708. The van der Waals surface area contributed by atoms with Crippen LogP contribution in [0.5, 0.6) is 0 Å². The summed E-state index contributed by atoms with van der Waals surface area (Å²) in [5.74, 6) is 1.61. The molecule has 5 nitrogen and oxygen atoms in total. The summed E-state index contributed by atoms with van der Waals surface area (Å²) in [7, 11) is 0. The van der Waals surface area contributed by atoms with Crippen LogP contribution >= 0.6 is 0 Å². The van der Waals surface area contributed by atoms with Crippen molar-refractivity contribution in [3.05, 3.63) is 12.4 Å². The standard InChI is InChI=1S/C18H28N4O/c23-17(10-9-15-7-3-1-4-8-15)21-16-13-19-18(20-14-16)22-11-5-2-6-12-22/h13-15H,1-12H2,(H,21,23). The lowest BCUT2D eigenvalue weighted by Gasteiger charge is -2.26. The van der Waals surface area contributed by atoms with Gasteiger partial charge in [0.1, 0.15) is 0 Å². The van der Waals surface area contributed by atoms with Crippen molar-refractivity contribution in [3.8, 4) is 0 Å². The number of aromatic nitrogens is 2. The zero-order valence-electron chi connectivity index (χ0n) is 14.0. The lowest BCUT2D eigenvalue weighted by Crippen LogP contribution is -2.30. The van der Waals surface area contributed by atoms with Gasteiger partial charge >= 0.3 is 0 Å². The number of amides is 1. The van der Waals surface area contributed by atoms with E-state index in [-0.39, 0.29) is 5.91 Å². The molecule has 0 unspecified atom stereocenters. The average Bonchev–Trinajstić information content (AvgIpc) is 2.62. The Bertz CT molecular complexity index is 490. The van der Waals surface area contributed by atoms with E-state index in [9.17, 15) is 4.79 Å². The minimum absolute atomic E-state index is 0.0879. The largest absolute Gasteiger partial charge is 0.341 e. The monoisotopic (exact) mass is 316 g/mol. The Morgan fingerprint density at radius 2 is 1.70 bits per heavy atom. The van der Waals surface area contributed by atoms with E-state index >= 15 is 0 Å². The Morgan fingerprint density at radius 1 is 1.04 bits per heavy atom. The molecule has 0 atom stereocenters. The first-order chi connectivity index (χ1) is 11.3. The van der Waals surface area contributed by atoms with E-state index in [1.165, 1.54) is 51.4 Å². The lowest BCUT2D eigenvalue weighted by molar-refractivity contribution is -0.116. The first-order valence-electron chi connectivity index (χ1n) is 9.18. The smallest absolute Gasteiger partial charge is 0.225 e. The number of rotatable bonds is 5. The summed E-state index contributed by atoms with van der Waals surface area (Å²) in [6.07, 6.45) is 15.4. The predicted molar refractivity (Wildman–Crippen MR) is 92.5 cm³/mol. The van der Waals surface area contributed by atoms with Crippen LogP contribution in [0.15, 0.2) is 12.4 Å². The molecule has 2 heterocycles. The zero-order chi connectivity index (χ0) is 15.9. The molecule has 126 valence electrons. The molecule has 1 aromatic heterocycles. The van der Waals surface area contributed by atoms with Gasteiger partial charge in [0.15, 0.2) is 0 Å². The maximum Gasteiger partial charge on any atom is 0.225 e. The number of carbonyl (C=O) groups excluding carboxylic acids is 1. The first kappa shape index (κ1) is 16.2. The number of nitrogens with one attached hydrogen (secondary N) is 1. The molecule has 0 radical (unpaired) electrons. The summed E-state index contributed by atoms with van der Waals surface area (Å²) in [6.45, 7) is 2.07. The van der Waals surface area contributed by atoms with Gasteiger partial charge in [0, 0.05) is 19.5 Å². The highest BCUT2D eigenvalue weighted by molar-refractivity contribution is 5.90. The van der Waals surface area contributed by atoms with Gasteiger partial charge in [-0.2, -0.15) is 0 Å². The van der Waals surface area contributed by atoms with Crippen LogP contribution < -0.4 is 10.2 Å². The Labute approximate surface area is 138 Å². The van der Waals surface area contributed by atoms with Crippen LogP contribution in [0.4, 0.5) is 11.6 Å².